The van der Waals surface area contributed by atoms with E-state index in [0.717, 1.165) is 23.4 Å². The van der Waals surface area contributed by atoms with Crippen LogP contribution >= 0.6 is 0 Å². The molecule has 0 radical (unpaired) electrons. The van der Waals surface area contributed by atoms with Gasteiger partial charge < -0.3 is 15.6 Å². The van der Waals surface area contributed by atoms with E-state index >= 15 is 0 Å². The molecule has 0 saturated carbocycles. The SMILES string of the molecule is CCNc1nc(NC(C)c2cccnc2)c2[nH]cnc2n1. The van der Waals surface area contributed by atoms with Gasteiger partial charge in [0, 0.05) is 18.9 Å². The highest BCUT2D eigenvalue weighted by molar-refractivity contribution is 5.83. The zero-order valence-electron chi connectivity index (χ0n) is 12.0. The van der Waals surface area contributed by atoms with Gasteiger partial charge >= 0.3 is 0 Å². The van der Waals surface area contributed by atoms with Crippen molar-refractivity contribution in [2.24, 2.45) is 0 Å². The van der Waals surface area contributed by atoms with Crippen LogP contribution in [0.3, 0.4) is 0 Å². The van der Waals surface area contributed by atoms with Crippen molar-refractivity contribution in [2.45, 2.75) is 19.9 Å². The molecule has 1 unspecified atom stereocenters. The molecule has 0 spiro atoms. The molecule has 21 heavy (non-hydrogen) atoms. The topological polar surface area (TPSA) is 91.4 Å². The summed E-state index contributed by atoms with van der Waals surface area (Å²) in [6.07, 6.45) is 5.22. The maximum atomic E-state index is 4.50. The van der Waals surface area contributed by atoms with Crippen molar-refractivity contribution in [3.05, 3.63) is 36.4 Å². The Bertz CT molecular complexity index is 723. The molecule has 0 fully saturated rings. The third-order valence-electron chi connectivity index (χ3n) is 3.16. The van der Waals surface area contributed by atoms with E-state index in [9.17, 15) is 0 Å². The van der Waals surface area contributed by atoms with Crippen LogP contribution in [0.2, 0.25) is 0 Å². The third kappa shape index (κ3) is 2.76. The molecule has 0 aliphatic carbocycles. The zero-order valence-corrected chi connectivity index (χ0v) is 12.0. The first-order chi connectivity index (χ1) is 10.3. The average Bonchev–Trinajstić information content (AvgIpc) is 2.97. The van der Waals surface area contributed by atoms with Crippen LogP contribution in [0.15, 0.2) is 30.9 Å². The molecular formula is C14H17N7. The highest BCUT2D eigenvalue weighted by Gasteiger charge is 2.13. The number of imidazole rings is 1. The maximum Gasteiger partial charge on any atom is 0.226 e. The molecule has 108 valence electrons. The number of nitrogens with one attached hydrogen (secondary N) is 3. The first-order valence-electron chi connectivity index (χ1n) is 6.89. The van der Waals surface area contributed by atoms with E-state index < -0.39 is 0 Å². The van der Waals surface area contributed by atoms with Crippen molar-refractivity contribution in [3.8, 4) is 0 Å². The summed E-state index contributed by atoms with van der Waals surface area (Å²) in [5, 5.41) is 6.50. The minimum atomic E-state index is 0.0783. The molecule has 0 amide bonds. The summed E-state index contributed by atoms with van der Waals surface area (Å²) in [6.45, 7) is 4.82. The van der Waals surface area contributed by atoms with Gasteiger partial charge in [-0.3, -0.25) is 4.98 Å². The second-order valence-corrected chi connectivity index (χ2v) is 4.68. The molecule has 3 N–H and O–H groups in total. The number of pyridine rings is 1. The van der Waals surface area contributed by atoms with Crippen molar-refractivity contribution in [1.29, 1.82) is 0 Å². The van der Waals surface area contributed by atoms with Crippen LogP contribution in [0.1, 0.15) is 25.5 Å². The van der Waals surface area contributed by atoms with Crippen LogP contribution in [0.25, 0.3) is 11.2 Å². The van der Waals surface area contributed by atoms with Crippen molar-refractivity contribution in [3.63, 3.8) is 0 Å². The minimum absolute atomic E-state index is 0.0783. The largest absolute Gasteiger partial charge is 0.362 e. The number of fused-ring (bicyclic) bond motifs is 1. The third-order valence-corrected chi connectivity index (χ3v) is 3.16. The van der Waals surface area contributed by atoms with Crippen LogP contribution in [-0.4, -0.2) is 31.5 Å². The van der Waals surface area contributed by atoms with Gasteiger partial charge in [0.1, 0.15) is 5.52 Å². The van der Waals surface area contributed by atoms with Crippen LogP contribution in [-0.2, 0) is 0 Å². The monoisotopic (exact) mass is 283 g/mol. The molecule has 7 heteroatoms. The van der Waals surface area contributed by atoms with Gasteiger partial charge in [0.25, 0.3) is 0 Å². The number of aromatic amines is 1. The standard InChI is InChI=1S/C14H17N7/c1-3-16-14-20-12-11(17-8-18-12)13(21-14)19-9(2)10-5-4-6-15-7-10/h4-9H,3H2,1-2H3,(H3,16,17,18,19,20,21). The predicted octanol–water partition coefficient (Wildman–Crippen LogP) is 2.35. The Morgan fingerprint density at radius 1 is 1.33 bits per heavy atom. The molecule has 3 rings (SSSR count). The van der Waals surface area contributed by atoms with Gasteiger partial charge in [-0.25, -0.2) is 4.98 Å². The summed E-state index contributed by atoms with van der Waals surface area (Å²) in [5.41, 5.74) is 2.53. The molecule has 3 aromatic heterocycles. The molecule has 0 bridgehead atoms. The number of anilines is 2. The quantitative estimate of drug-likeness (QED) is 0.666. The van der Waals surface area contributed by atoms with Crippen molar-refractivity contribution < 1.29 is 0 Å². The van der Waals surface area contributed by atoms with E-state index in [0.29, 0.717) is 11.6 Å². The second-order valence-electron chi connectivity index (χ2n) is 4.68. The molecule has 1 atom stereocenters. The zero-order chi connectivity index (χ0) is 14.7. The molecular weight excluding hydrogens is 266 g/mol. The highest BCUT2D eigenvalue weighted by Crippen LogP contribution is 2.23. The Balaban J connectivity index is 1.93. The van der Waals surface area contributed by atoms with Crippen LogP contribution < -0.4 is 10.6 Å². The number of hydrogen-bond donors (Lipinski definition) is 3. The lowest BCUT2D eigenvalue weighted by atomic mass is 10.1. The summed E-state index contributed by atoms with van der Waals surface area (Å²) in [4.78, 5) is 20.3. The van der Waals surface area contributed by atoms with Gasteiger partial charge in [-0.2, -0.15) is 9.97 Å². The lowest BCUT2D eigenvalue weighted by Gasteiger charge is -2.15. The van der Waals surface area contributed by atoms with E-state index in [4.69, 9.17) is 0 Å². The Labute approximate surface area is 122 Å². The highest BCUT2D eigenvalue weighted by atomic mass is 15.2. The Hall–Kier alpha value is -2.70. The lowest BCUT2D eigenvalue weighted by Crippen LogP contribution is -2.11. The van der Waals surface area contributed by atoms with E-state index in [1.165, 1.54) is 0 Å². The summed E-state index contributed by atoms with van der Waals surface area (Å²) >= 11 is 0. The fraction of sp³-hybridized carbons (Fsp3) is 0.286. The van der Waals surface area contributed by atoms with Crippen LogP contribution in [0, 0.1) is 0 Å². The lowest BCUT2D eigenvalue weighted by molar-refractivity contribution is 0.866. The van der Waals surface area contributed by atoms with Crippen molar-refractivity contribution in [1.82, 2.24) is 24.9 Å². The van der Waals surface area contributed by atoms with E-state index in [1.807, 2.05) is 25.3 Å². The molecule has 3 heterocycles. The second kappa shape index (κ2) is 5.74. The molecule has 3 aromatic rings. The molecule has 0 aliphatic rings. The fourth-order valence-electron chi connectivity index (χ4n) is 2.10. The van der Waals surface area contributed by atoms with Gasteiger partial charge in [0.15, 0.2) is 11.5 Å². The van der Waals surface area contributed by atoms with Gasteiger partial charge in [-0.1, -0.05) is 6.07 Å². The first-order valence-corrected chi connectivity index (χ1v) is 6.89. The molecule has 0 aromatic carbocycles. The summed E-state index contributed by atoms with van der Waals surface area (Å²) < 4.78 is 0. The van der Waals surface area contributed by atoms with E-state index in [1.54, 1.807) is 12.5 Å². The fourth-order valence-corrected chi connectivity index (χ4v) is 2.10. The van der Waals surface area contributed by atoms with Gasteiger partial charge in [0.2, 0.25) is 5.95 Å². The Morgan fingerprint density at radius 3 is 3.00 bits per heavy atom. The first kappa shape index (κ1) is 13.3. The molecule has 0 saturated heterocycles. The smallest absolute Gasteiger partial charge is 0.226 e. The number of hydrogen-bond acceptors (Lipinski definition) is 6. The molecule has 0 aliphatic heterocycles. The minimum Gasteiger partial charge on any atom is -0.362 e. The Morgan fingerprint density at radius 2 is 2.24 bits per heavy atom. The van der Waals surface area contributed by atoms with Crippen molar-refractivity contribution in [2.75, 3.05) is 17.2 Å². The Kier molecular flexibility index (Phi) is 3.63. The average molecular weight is 283 g/mol. The van der Waals surface area contributed by atoms with Crippen molar-refractivity contribution >= 4 is 22.9 Å². The predicted molar refractivity (Wildman–Crippen MR) is 82.1 cm³/mol. The van der Waals surface area contributed by atoms with Gasteiger partial charge in [0.05, 0.1) is 12.4 Å². The van der Waals surface area contributed by atoms with Gasteiger partial charge in [-0.05, 0) is 25.5 Å². The number of nitrogens with zero attached hydrogens (tertiary/aromatic N) is 4. The maximum absolute atomic E-state index is 4.50. The van der Waals surface area contributed by atoms with E-state index in [-0.39, 0.29) is 6.04 Å². The van der Waals surface area contributed by atoms with Gasteiger partial charge in [-0.15, -0.1) is 0 Å². The van der Waals surface area contributed by atoms with Crippen LogP contribution in [0.4, 0.5) is 11.8 Å². The number of H-pyrrole nitrogens is 1. The summed E-state index contributed by atoms with van der Waals surface area (Å²) in [6, 6.07) is 4.03. The summed E-state index contributed by atoms with van der Waals surface area (Å²) in [5.74, 6) is 1.29. The number of aromatic nitrogens is 5. The number of rotatable bonds is 5. The normalized spacial score (nSPS) is 12.3. The van der Waals surface area contributed by atoms with E-state index in [2.05, 4.69) is 42.5 Å². The summed E-state index contributed by atoms with van der Waals surface area (Å²) in [7, 11) is 0. The molecule has 7 nitrogen and oxygen atoms in total. The van der Waals surface area contributed by atoms with Crippen LogP contribution in [0.5, 0.6) is 0 Å².